The second kappa shape index (κ2) is 12.8. The van der Waals surface area contributed by atoms with Gasteiger partial charge in [0.2, 0.25) is 0 Å². The standard InChI is InChI=1S/C57H59BN2S/c1-33-28-47-51-48(29-33)60(39-24-19-36(20-25-39)55(5,6)7)52-42-30-37(56(8,9)10)21-27-49(42)61-53(52)58(51)45-31-41-44(57(11,12)43-26-16-34-14-13-15-40(34)50(41)43)32-46(45)59(47)38-22-17-35(18-23-38)54(2,3)4/h16-32H,13-15H2,1-12H3. The van der Waals surface area contributed by atoms with Crippen LogP contribution in [-0.2, 0) is 34.5 Å². The second-order valence-corrected chi connectivity index (χ2v) is 23.3. The van der Waals surface area contributed by atoms with Gasteiger partial charge in [-0.2, -0.15) is 0 Å². The number of anilines is 6. The quantitative estimate of drug-likeness (QED) is 0.160. The fourth-order valence-electron chi connectivity index (χ4n) is 11.3. The monoisotopic (exact) mass is 814 g/mol. The Morgan fingerprint density at radius 1 is 0.590 bits per heavy atom. The zero-order chi connectivity index (χ0) is 42.7. The molecule has 3 heterocycles. The molecule has 1 aromatic heterocycles. The number of aryl methyl sites for hydroxylation is 2. The highest BCUT2D eigenvalue weighted by atomic mass is 32.1. The van der Waals surface area contributed by atoms with Crippen LogP contribution in [0, 0.1) is 6.92 Å². The molecule has 0 bridgehead atoms. The van der Waals surface area contributed by atoms with Crippen molar-refractivity contribution in [3.8, 4) is 11.1 Å². The first-order valence-corrected chi connectivity index (χ1v) is 23.5. The third kappa shape index (κ3) is 5.66. The zero-order valence-electron chi connectivity index (χ0n) is 38.3. The Morgan fingerprint density at radius 2 is 1.18 bits per heavy atom. The third-order valence-electron chi connectivity index (χ3n) is 14.7. The van der Waals surface area contributed by atoms with Crippen LogP contribution in [0.25, 0.3) is 21.2 Å². The lowest BCUT2D eigenvalue weighted by molar-refractivity contribution is 0.590. The smallest absolute Gasteiger partial charge is 0.264 e. The van der Waals surface area contributed by atoms with Crippen molar-refractivity contribution >= 4 is 78.0 Å². The summed E-state index contributed by atoms with van der Waals surface area (Å²) in [5, 5.41) is 1.35. The van der Waals surface area contributed by atoms with Gasteiger partial charge < -0.3 is 9.80 Å². The SMILES string of the molecule is Cc1cc2c3c(c1)N(c1ccc(C(C)(C)C)cc1)c1c(sc4ccc(C(C)(C)C)cc14)B3c1cc3c(cc1N2c1ccc(C(C)(C)C)cc1)C(C)(C)c1ccc2c(c1-3)CCC2. The van der Waals surface area contributed by atoms with E-state index in [0.29, 0.717) is 0 Å². The lowest BCUT2D eigenvalue weighted by atomic mass is 9.36. The predicted octanol–water partition coefficient (Wildman–Crippen LogP) is 14.0. The van der Waals surface area contributed by atoms with Gasteiger partial charge in [-0.3, -0.25) is 0 Å². The molecule has 7 aromatic rings. The van der Waals surface area contributed by atoms with Crippen LogP contribution in [-0.4, -0.2) is 6.71 Å². The van der Waals surface area contributed by atoms with E-state index in [1.54, 1.807) is 11.1 Å². The number of nitrogens with zero attached hydrogens (tertiary/aromatic N) is 2. The van der Waals surface area contributed by atoms with E-state index in [2.05, 4.69) is 196 Å². The molecule has 0 atom stereocenters. The summed E-state index contributed by atoms with van der Waals surface area (Å²) in [5.41, 5.74) is 25.0. The van der Waals surface area contributed by atoms with E-state index in [4.69, 9.17) is 0 Å². The van der Waals surface area contributed by atoms with Gasteiger partial charge in [0.15, 0.2) is 0 Å². The molecular formula is C57H59BN2S. The molecule has 2 nitrogen and oxygen atoms in total. The fraction of sp³-hybridized carbons (Fsp3) is 0.333. The van der Waals surface area contributed by atoms with Crippen LogP contribution in [0.1, 0.15) is 127 Å². The highest BCUT2D eigenvalue weighted by Crippen LogP contribution is 2.55. The highest BCUT2D eigenvalue weighted by molar-refractivity contribution is 7.33. The Balaban J connectivity index is 1.25. The first-order chi connectivity index (χ1) is 28.8. The Morgan fingerprint density at radius 3 is 1.80 bits per heavy atom. The summed E-state index contributed by atoms with van der Waals surface area (Å²) in [4.78, 5) is 5.27. The van der Waals surface area contributed by atoms with Crippen molar-refractivity contribution in [3.63, 3.8) is 0 Å². The summed E-state index contributed by atoms with van der Waals surface area (Å²) in [6.07, 6.45) is 3.61. The maximum atomic E-state index is 2.67. The fourth-order valence-corrected chi connectivity index (χ4v) is 12.6. The molecule has 0 amide bonds. The van der Waals surface area contributed by atoms with Gasteiger partial charge in [-0.15, -0.1) is 11.3 Å². The summed E-state index contributed by atoms with van der Waals surface area (Å²) in [6, 6.07) is 41.4. The number of benzene rings is 6. The van der Waals surface area contributed by atoms with Gasteiger partial charge in [0.05, 0.1) is 5.69 Å². The van der Waals surface area contributed by atoms with Crippen LogP contribution >= 0.6 is 11.3 Å². The predicted molar refractivity (Wildman–Crippen MR) is 266 cm³/mol. The molecule has 0 fully saturated rings. The summed E-state index contributed by atoms with van der Waals surface area (Å²) in [6.45, 7) is 28.2. The maximum absolute atomic E-state index is 2.67. The van der Waals surface area contributed by atoms with Gasteiger partial charge >= 0.3 is 0 Å². The van der Waals surface area contributed by atoms with Gasteiger partial charge in [-0.1, -0.05) is 125 Å². The van der Waals surface area contributed by atoms with Crippen LogP contribution < -0.4 is 25.5 Å². The average molecular weight is 815 g/mol. The van der Waals surface area contributed by atoms with E-state index < -0.39 is 0 Å². The van der Waals surface area contributed by atoms with Crippen LogP contribution in [0.2, 0.25) is 0 Å². The molecule has 4 heteroatoms. The maximum Gasteiger partial charge on any atom is 0.264 e. The Hall–Kier alpha value is -5.06. The first kappa shape index (κ1) is 38.8. The van der Waals surface area contributed by atoms with E-state index >= 15 is 0 Å². The molecule has 2 aliphatic carbocycles. The van der Waals surface area contributed by atoms with Crippen molar-refractivity contribution in [2.75, 3.05) is 9.80 Å². The van der Waals surface area contributed by atoms with Crippen molar-refractivity contribution in [1.29, 1.82) is 0 Å². The Kier molecular flexibility index (Phi) is 8.12. The van der Waals surface area contributed by atoms with Gasteiger partial charge in [0, 0.05) is 48.7 Å². The van der Waals surface area contributed by atoms with Gasteiger partial charge in [-0.05, 0) is 164 Å². The van der Waals surface area contributed by atoms with Crippen molar-refractivity contribution in [1.82, 2.24) is 0 Å². The molecule has 2 aliphatic heterocycles. The lowest BCUT2D eigenvalue weighted by Crippen LogP contribution is -2.60. The molecule has 0 radical (unpaired) electrons. The van der Waals surface area contributed by atoms with E-state index in [1.807, 2.05) is 11.3 Å². The molecule has 0 N–H and O–H groups in total. The molecule has 0 saturated heterocycles. The van der Waals surface area contributed by atoms with Crippen molar-refractivity contribution < 1.29 is 0 Å². The molecule has 306 valence electrons. The minimum Gasteiger partial charge on any atom is -0.311 e. The van der Waals surface area contributed by atoms with Crippen molar-refractivity contribution in [2.45, 2.75) is 124 Å². The van der Waals surface area contributed by atoms with Crippen LogP contribution in [0.5, 0.6) is 0 Å². The number of hydrogen-bond donors (Lipinski definition) is 0. The normalized spacial score (nSPS) is 16.0. The minimum absolute atomic E-state index is 0.0278. The minimum atomic E-state index is -0.105. The zero-order valence-corrected chi connectivity index (χ0v) is 39.1. The first-order valence-electron chi connectivity index (χ1n) is 22.7. The molecule has 0 saturated carbocycles. The van der Waals surface area contributed by atoms with E-state index in [1.165, 1.54) is 124 Å². The van der Waals surface area contributed by atoms with E-state index in [-0.39, 0.29) is 28.4 Å². The average Bonchev–Trinajstić information content (AvgIpc) is 3.89. The highest BCUT2D eigenvalue weighted by Gasteiger charge is 2.48. The number of rotatable bonds is 2. The molecule has 4 aliphatic rings. The number of hydrogen-bond acceptors (Lipinski definition) is 3. The van der Waals surface area contributed by atoms with E-state index in [9.17, 15) is 0 Å². The van der Waals surface area contributed by atoms with Crippen molar-refractivity contribution in [2.24, 2.45) is 0 Å². The van der Waals surface area contributed by atoms with Gasteiger partial charge in [0.1, 0.15) is 0 Å². The number of fused-ring (bicyclic) bond motifs is 11. The van der Waals surface area contributed by atoms with Crippen LogP contribution in [0.3, 0.4) is 0 Å². The molecular weight excluding hydrogens is 756 g/mol. The van der Waals surface area contributed by atoms with Crippen LogP contribution in [0.15, 0.2) is 103 Å². The van der Waals surface area contributed by atoms with Gasteiger partial charge in [-0.25, -0.2) is 0 Å². The summed E-state index contributed by atoms with van der Waals surface area (Å²) < 4.78 is 2.80. The molecule has 11 rings (SSSR count). The van der Waals surface area contributed by atoms with Crippen molar-refractivity contribution in [3.05, 3.63) is 148 Å². The Labute approximate surface area is 368 Å². The lowest BCUT2D eigenvalue weighted by Gasteiger charge is -2.44. The molecule has 0 spiro atoms. The van der Waals surface area contributed by atoms with E-state index in [0.717, 1.165) is 0 Å². The molecule has 6 aromatic carbocycles. The van der Waals surface area contributed by atoms with Crippen LogP contribution in [0.4, 0.5) is 34.1 Å². The topological polar surface area (TPSA) is 6.48 Å². The molecule has 61 heavy (non-hydrogen) atoms. The number of thiophene rings is 1. The largest absolute Gasteiger partial charge is 0.311 e. The molecule has 0 unspecified atom stereocenters. The summed E-state index contributed by atoms with van der Waals surface area (Å²) >= 11 is 2.01. The van der Waals surface area contributed by atoms with Gasteiger partial charge in [0.25, 0.3) is 6.71 Å². The second-order valence-electron chi connectivity index (χ2n) is 22.3. The summed E-state index contributed by atoms with van der Waals surface area (Å²) in [5.74, 6) is 0. The Bertz CT molecular complexity index is 2980. The third-order valence-corrected chi connectivity index (χ3v) is 15.9. The summed E-state index contributed by atoms with van der Waals surface area (Å²) in [7, 11) is 0.